The topological polar surface area (TPSA) is 76.3 Å². The van der Waals surface area contributed by atoms with Crippen molar-refractivity contribution in [2.45, 2.75) is 12.3 Å². The largest absolute Gasteiger partial charge is 0.356 e. The molecule has 4 rings (SSSR count). The Hall–Kier alpha value is -3.19. The van der Waals surface area contributed by atoms with E-state index in [9.17, 15) is 8.42 Å². The Kier molecular flexibility index (Phi) is 4.60. The highest BCUT2D eigenvalue weighted by molar-refractivity contribution is 7.92. The van der Waals surface area contributed by atoms with E-state index in [-0.39, 0.29) is 12.3 Å². The van der Waals surface area contributed by atoms with Gasteiger partial charge in [0.2, 0.25) is 10.0 Å². The third kappa shape index (κ3) is 3.68. The monoisotopic (exact) mass is 379 g/mol. The van der Waals surface area contributed by atoms with E-state index in [1.54, 1.807) is 36.5 Å². The smallest absolute Gasteiger partial charge is 0.242 e. The summed E-state index contributed by atoms with van der Waals surface area (Å²) in [6.45, 7) is 0.190. The summed E-state index contributed by atoms with van der Waals surface area (Å²) in [5.41, 5.74) is 1.83. The lowest BCUT2D eigenvalue weighted by molar-refractivity contribution is 0.448. The summed E-state index contributed by atoms with van der Waals surface area (Å²) in [4.78, 5) is 4.24. The van der Waals surface area contributed by atoms with Crippen LogP contribution in [0.3, 0.4) is 0 Å². The third-order valence-electron chi connectivity index (χ3n) is 4.18. The third-order valence-corrected chi connectivity index (χ3v) is 5.81. The summed E-state index contributed by atoms with van der Waals surface area (Å²) in [7, 11) is -3.74. The molecule has 0 fully saturated rings. The van der Waals surface area contributed by atoms with Crippen molar-refractivity contribution in [3.63, 3.8) is 0 Å². The zero-order valence-corrected chi connectivity index (χ0v) is 15.2. The van der Waals surface area contributed by atoms with Crippen molar-refractivity contribution in [2.24, 2.45) is 0 Å². The maximum absolute atomic E-state index is 13.3. The van der Waals surface area contributed by atoms with E-state index >= 15 is 0 Å². The number of hydrogen-bond acceptors (Lipinski definition) is 5. The van der Waals surface area contributed by atoms with Gasteiger partial charge in [0.1, 0.15) is 17.3 Å². The molecule has 0 unspecified atom stereocenters. The minimum Gasteiger partial charge on any atom is -0.356 e. The van der Waals surface area contributed by atoms with Gasteiger partial charge in [0, 0.05) is 11.6 Å². The molecule has 0 radical (unpaired) electrons. The van der Waals surface area contributed by atoms with Crippen molar-refractivity contribution in [1.29, 1.82) is 0 Å². The van der Waals surface area contributed by atoms with Gasteiger partial charge in [-0.3, -0.25) is 0 Å². The van der Waals surface area contributed by atoms with Crippen molar-refractivity contribution in [3.05, 3.63) is 90.3 Å². The lowest BCUT2D eigenvalue weighted by atomic mass is 10.2. The molecule has 0 aliphatic heterocycles. The Balaban J connectivity index is 1.71. The predicted molar refractivity (Wildman–Crippen MR) is 103 cm³/mol. The maximum Gasteiger partial charge on any atom is 0.242 e. The highest BCUT2D eigenvalue weighted by Gasteiger charge is 2.26. The Morgan fingerprint density at radius 1 is 0.889 bits per heavy atom. The summed E-state index contributed by atoms with van der Waals surface area (Å²) in [6.07, 6.45) is 1.58. The number of rotatable bonds is 6. The van der Waals surface area contributed by atoms with E-state index in [4.69, 9.17) is 4.52 Å². The van der Waals surface area contributed by atoms with Gasteiger partial charge in [0.15, 0.2) is 5.58 Å². The van der Waals surface area contributed by atoms with Gasteiger partial charge in [-0.25, -0.2) is 17.7 Å². The SMILES string of the molecule is O=S(=O)(Cc1noc2ccccc12)N(Cc1ccccc1)c1ccccn1. The Bertz CT molecular complexity index is 1140. The summed E-state index contributed by atoms with van der Waals surface area (Å²) < 4.78 is 33.1. The molecule has 4 aromatic rings. The zero-order valence-electron chi connectivity index (χ0n) is 14.4. The molecule has 2 aromatic carbocycles. The van der Waals surface area contributed by atoms with Crippen LogP contribution in [0.4, 0.5) is 5.82 Å². The van der Waals surface area contributed by atoms with Crippen LogP contribution < -0.4 is 4.31 Å². The van der Waals surface area contributed by atoms with Crippen LogP contribution >= 0.6 is 0 Å². The first-order valence-corrected chi connectivity index (χ1v) is 10.0. The van der Waals surface area contributed by atoms with E-state index in [1.807, 2.05) is 42.5 Å². The number of para-hydroxylation sites is 1. The molecule has 0 aliphatic carbocycles. The average Bonchev–Trinajstić information content (AvgIpc) is 3.10. The fourth-order valence-corrected chi connectivity index (χ4v) is 4.31. The Morgan fingerprint density at radius 3 is 2.41 bits per heavy atom. The molecule has 2 aromatic heterocycles. The van der Waals surface area contributed by atoms with Gasteiger partial charge in [-0.2, -0.15) is 0 Å². The lowest BCUT2D eigenvalue weighted by Gasteiger charge is -2.23. The number of nitrogens with zero attached hydrogens (tertiary/aromatic N) is 3. The second kappa shape index (κ2) is 7.20. The first-order chi connectivity index (χ1) is 13.1. The number of hydrogen-bond donors (Lipinski definition) is 0. The number of sulfonamides is 1. The molecular weight excluding hydrogens is 362 g/mol. The molecular formula is C20H17N3O3S. The van der Waals surface area contributed by atoms with Gasteiger partial charge in [-0.05, 0) is 29.8 Å². The molecule has 0 spiro atoms. The van der Waals surface area contributed by atoms with Crippen molar-refractivity contribution in [3.8, 4) is 0 Å². The molecule has 0 bridgehead atoms. The van der Waals surface area contributed by atoms with Crippen molar-refractivity contribution >= 4 is 26.8 Å². The highest BCUT2D eigenvalue weighted by Crippen LogP contribution is 2.24. The van der Waals surface area contributed by atoms with E-state index in [0.717, 1.165) is 5.56 Å². The minimum absolute atomic E-state index is 0.190. The first-order valence-electron chi connectivity index (χ1n) is 8.42. The second-order valence-electron chi connectivity index (χ2n) is 6.06. The number of anilines is 1. The van der Waals surface area contributed by atoms with Crippen LogP contribution in [-0.4, -0.2) is 18.6 Å². The molecule has 0 saturated heterocycles. The molecule has 7 heteroatoms. The number of pyridine rings is 1. The van der Waals surface area contributed by atoms with E-state index in [1.165, 1.54) is 4.31 Å². The normalized spacial score (nSPS) is 11.6. The van der Waals surface area contributed by atoms with E-state index < -0.39 is 10.0 Å². The van der Waals surface area contributed by atoms with E-state index in [2.05, 4.69) is 10.1 Å². The van der Waals surface area contributed by atoms with Gasteiger partial charge in [-0.15, -0.1) is 0 Å². The maximum atomic E-state index is 13.3. The van der Waals surface area contributed by atoms with Crippen LogP contribution in [0, 0.1) is 0 Å². The standard InChI is InChI=1S/C20H17N3O3S/c24-27(25,15-18-17-10-4-5-11-19(17)26-22-18)23(20-12-6-7-13-21-20)14-16-8-2-1-3-9-16/h1-13H,14-15H2. The summed E-state index contributed by atoms with van der Waals surface area (Å²) in [5, 5.41) is 4.66. The second-order valence-corrected chi connectivity index (χ2v) is 7.96. The summed E-state index contributed by atoms with van der Waals surface area (Å²) in [5.74, 6) is 0.0992. The predicted octanol–water partition coefficient (Wildman–Crippen LogP) is 3.76. The van der Waals surface area contributed by atoms with Gasteiger partial charge < -0.3 is 4.52 Å². The first kappa shape index (κ1) is 17.2. The van der Waals surface area contributed by atoms with Crippen LogP contribution in [0.1, 0.15) is 11.3 Å². The van der Waals surface area contributed by atoms with Crippen LogP contribution in [0.5, 0.6) is 0 Å². The molecule has 0 atom stereocenters. The van der Waals surface area contributed by atoms with Gasteiger partial charge >= 0.3 is 0 Å². The molecule has 0 aliphatic rings. The van der Waals surface area contributed by atoms with Crippen LogP contribution in [0.15, 0.2) is 83.5 Å². The molecule has 0 N–H and O–H groups in total. The van der Waals surface area contributed by atoms with Crippen LogP contribution in [0.25, 0.3) is 11.0 Å². The summed E-state index contributed by atoms with van der Waals surface area (Å²) in [6, 6.07) is 21.8. The number of fused-ring (bicyclic) bond motifs is 1. The van der Waals surface area contributed by atoms with E-state index in [0.29, 0.717) is 22.5 Å². The van der Waals surface area contributed by atoms with Crippen LogP contribution in [-0.2, 0) is 22.3 Å². The van der Waals surface area contributed by atoms with Crippen molar-refractivity contribution in [1.82, 2.24) is 10.1 Å². The summed E-state index contributed by atoms with van der Waals surface area (Å²) >= 11 is 0. The van der Waals surface area contributed by atoms with Gasteiger partial charge in [0.25, 0.3) is 0 Å². The molecule has 136 valence electrons. The lowest BCUT2D eigenvalue weighted by Crippen LogP contribution is -2.32. The quantitative estimate of drug-likeness (QED) is 0.510. The minimum atomic E-state index is -3.74. The highest BCUT2D eigenvalue weighted by atomic mass is 32.2. The molecule has 27 heavy (non-hydrogen) atoms. The molecule has 0 saturated carbocycles. The number of benzene rings is 2. The average molecular weight is 379 g/mol. The van der Waals surface area contributed by atoms with Crippen molar-refractivity contribution in [2.75, 3.05) is 4.31 Å². The molecule has 0 amide bonds. The molecule has 2 heterocycles. The number of aromatic nitrogens is 2. The molecule has 6 nitrogen and oxygen atoms in total. The van der Waals surface area contributed by atoms with Crippen molar-refractivity contribution < 1.29 is 12.9 Å². The Labute approximate surface area is 157 Å². The zero-order chi connectivity index (χ0) is 18.7. The fraction of sp³-hybridized carbons (Fsp3) is 0.100. The van der Waals surface area contributed by atoms with Gasteiger partial charge in [0.05, 0.1) is 6.54 Å². The Morgan fingerprint density at radius 2 is 1.63 bits per heavy atom. The van der Waals surface area contributed by atoms with Crippen LogP contribution in [0.2, 0.25) is 0 Å². The fourth-order valence-electron chi connectivity index (χ4n) is 2.87. The van der Waals surface area contributed by atoms with Gasteiger partial charge in [-0.1, -0.05) is 53.7 Å².